The second-order valence-electron chi connectivity index (χ2n) is 12.4. The highest BCUT2D eigenvalue weighted by Gasteiger charge is 2.35. The van der Waals surface area contributed by atoms with Crippen LogP contribution in [0.5, 0.6) is 0 Å². The Balaban J connectivity index is 1.93. The molecule has 7 amide bonds. The number of carbonyl (C=O) groups is 6. The zero-order valence-electron chi connectivity index (χ0n) is 26.7. The van der Waals surface area contributed by atoms with E-state index in [-0.39, 0.29) is 55.4 Å². The Morgan fingerprint density at radius 2 is 1.61 bits per heavy atom. The van der Waals surface area contributed by atoms with Crippen LogP contribution >= 0.6 is 0 Å². The lowest BCUT2D eigenvalue weighted by Gasteiger charge is -2.25. The van der Waals surface area contributed by atoms with Gasteiger partial charge in [-0.25, -0.2) is 4.79 Å². The van der Waals surface area contributed by atoms with Crippen molar-refractivity contribution < 1.29 is 28.8 Å². The summed E-state index contributed by atoms with van der Waals surface area (Å²) >= 11 is 0. The maximum absolute atomic E-state index is 13.3. The lowest BCUT2D eigenvalue weighted by Crippen LogP contribution is -2.54. The van der Waals surface area contributed by atoms with Crippen molar-refractivity contribution in [3.8, 4) is 0 Å². The predicted octanol–water partition coefficient (Wildman–Crippen LogP) is 2.85. The number of likely N-dealkylation sites (tertiary alicyclic amines) is 1. The molecule has 244 valence electrons. The summed E-state index contributed by atoms with van der Waals surface area (Å²) in [6, 6.07) is 5.10. The largest absolute Gasteiger partial charge is 0.352 e. The number of unbranched alkanes of at least 4 members (excludes halogenated alkanes) is 2. The van der Waals surface area contributed by atoms with Gasteiger partial charge >= 0.3 is 6.03 Å². The Bertz CT molecular complexity index is 1150. The first-order valence-electron chi connectivity index (χ1n) is 15.7. The number of nitrogens with zero attached hydrogens (tertiary/aromatic N) is 1. The Hall–Kier alpha value is -3.96. The normalized spacial score (nSPS) is 16.2. The molecule has 1 fully saturated rings. The van der Waals surface area contributed by atoms with Gasteiger partial charge in [-0.2, -0.15) is 0 Å². The predicted molar refractivity (Wildman–Crippen MR) is 168 cm³/mol. The molecule has 1 aliphatic heterocycles. The number of nitrogens with two attached hydrogens (primary N) is 1. The van der Waals surface area contributed by atoms with Crippen LogP contribution in [0.2, 0.25) is 0 Å². The third-order valence-electron chi connectivity index (χ3n) is 7.49. The highest BCUT2D eigenvalue weighted by atomic mass is 16.2. The van der Waals surface area contributed by atoms with Crippen molar-refractivity contribution in [2.75, 3.05) is 18.4 Å². The summed E-state index contributed by atoms with van der Waals surface area (Å²) in [5, 5.41) is 10.9. The minimum atomic E-state index is -0.913. The molecule has 0 bridgehead atoms. The van der Waals surface area contributed by atoms with Gasteiger partial charge in [-0.1, -0.05) is 53.2 Å². The first-order chi connectivity index (χ1) is 20.8. The van der Waals surface area contributed by atoms with Crippen LogP contribution < -0.4 is 27.0 Å². The van der Waals surface area contributed by atoms with Crippen molar-refractivity contribution in [3.05, 3.63) is 29.8 Å². The van der Waals surface area contributed by atoms with E-state index in [2.05, 4.69) is 35.1 Å². The van der Waals surface area contributed by atoms with Gasteiger partial charge in [-0.3, -0.25) is 28.9 Å². The highest BCUT2D eigenvalue weighted by molar-refractivity contribution is 6.03. The SMILES string of the molecule is CC(C)Cc1ccc(NC(=O)[C@H](CCCNC(N)=O)NC(=O)[C@@H](NC(=O)CCCCCN2C(=O)CC(C)C2=O)C(C)C)cc1. The van der Waals surface area contributed by atoms with Crippen LogP contribution in [0.4, 0.5) is 10.5 Å². The second-order valence-corrected chi connectivity index (χ2v) is 12.4. The van der Waals surface area contributed by atoms with E-state index in [0.717, 1.165) is 12.0 Å². The van der Waals surface area contributed by atoms with Crippen LogP contribution in [0.1, 0.15) is 85.1 Å². The molecule has 3 atom stereocenters. The molecular weight excluding hydrogens is 564 g/mol. The van der Waals surface area contributed by atoms with E-state index in [9.17, 15) is 28.8 Å². The van der Waals surface area contributed by atoms with Crippen molar-refractivity contribution in [2.24, 2.45) is 23.5 Å². The first-order valence-corrected chi connectivity index (χ1v) is 15.7. The maximum Gasteiger partial charge on any atom is 0.312 e. The Kier molecular flexibility index (Phi) is 14.8. The number of hydrogen-bond acceptors (Lipinski definition) is 6. The summed E-state index contributed by atoms with van der Waals surface area (Å²) in [6.45, 7) is 10.2. The zero-order valence-corrected chi connectivity index (χ0v) is 26.7. The van der Waals surface area contributed by atoms with Crippen LogP contribution in [0, 0.1) is 17.8 Å². The van der Waals surface area contributed by atoms with Gasteiger partial charge in [0.1, 0.15) is 12.1 Å². The molecule has 1 saturated heterocycles. The number of carbonyl (C=O) groups excluding carboxylic acids is 6. The van der Waals surface area contributed by atoms with Crippen LogP contribution in [-0.4, -0.2) is 65.6 Å². The molecular formula is C32H50N6O6. The molecule has 2 rings (SSSR count). The van der Waals surface area contributed by atoms with Crippen molar-refractivity contribution in [2.45, 2.75) is 98.1 Å². The van der Waals surface area contributed by atoms with Gasteiger partial charge in [-0.15, -0.1) is 0 Å². The molecule has 0 aliphatic carbocycles. The van der Waals surface area contributed by atoms with Crippen LogP contribution in [0.3, 0.4) is 0 Å². The van der Waals surface area contributed by atoms with Gasteiger partial charge in [0.2, 0.25) is 29.5 Å². The molecule has 0 spiro atoms. The monoisotopic (exact) mass is 614 g/mol. The van der Waals surface area contributed by atoms with E-state index in [1.165, 1.54) is 4.90 Å². The molecule has 0 aromatic heterocycles. The summed E-state index contributed by atoms with van der Waals surface area (Å²) < 4.78 is 0. The number of benzene rings is 1. The number of nitrogens with one attached hydrogen (secondary N) is 4. The molecule has 44 heavy (non-hydrogen) atoms. The number of amides is 7. The molecule has 1 unspecified atom stereocenters. The number of hydrogen-bond donors (Lipinski definition) is 5. The van der Waals surface area contributed by atoms with Crippen molar-refractivity contribution in [1.82, 2.24) is 20.9 Å². The number of primary amides is 1. The topological polar surface area (TPSA) is 180 Å². The standard InChI is InChI=1S/C32H50N6O6/c1-20(2)18-23-12-14-24(15-13-23)35-29(41)25(10-9-16-34-32(33)44)36-30(42)28(21(3)4)37-26(39)11-7-6-8-17-38-27(40)19-22(5)31(38)43/h12-15,20-22,25,28H,6-11,16-19H2,1-5H3,(H,35,41)(H,36,42)(H,37,39)(H3,33,34,44)/t22?,25-,28-/m0/s1. The fourth-order valence-corrected chi connectivity index (χ4v) is 5.07. The molecule has 1 heterocycles. The molecule has 1 aromatic rings. The quantitative estimate of drug-likeness (QED) is 0.125. The molecule has 12 nitrogen and oxygen atoms in total. The minimum Gasteiger partial charge on any atom is -0.352 e. The van der Waals surface area contributed by atoms with E-state index in [1.807, 2.05) is 24.3 Å². The van der Waals surface area contributed by atoms with E-state index in [0.29, 0.717) is 43.8 Å². The third kappa shape index (κ3) is 12.3. The summed E-state index contributed by atoms with van der Waals surface area (Å²) in [4.78, 5) is 75.6. The summed E-state index contributed by atoms with van der Waals surface area (Å²) in [5.74, 6) is -1.50. The Morgan fingerprint density at radius 1 is 0.932 bits per heavy atom. The van der Waals surface area contributed by atoms with Gasteiger partial charge in [0.05, 0.1) is 0 Å². The molecule has 0 radical (unpaired) electrons. The number of imide groups is 1. The number of anilines is 1. The molecule has 1 aromatic carbocycles. The van der Waals surface area contributed by atoms with E-state index in [1.54, 1.807) is 20.8 Å². The Morgan fingerprint density at radius 3 is 2.18 bits per heavy atom. The fourth-order valence-electron chi connectivity index (χ4n) is 5.07. The summed E-state index contributed by atoms with van der Waals surface area (Å²) in [6.07, 6.45) is 3.77. The molecule has 0 saturated carbocycles. The van der Waals surface area contributed by atoms with Crippen LogP contribution in [0.15, 0.2) is 24.3 Å². The van der Waals surface area contributed by atoms with Crippen LogP contribution in [0.25, 0.3) is 0 Å². The summed E-state index contributed by atoms with van der Waals surface area (Å²) in [7, 11) is 0. The van der Waals surface area contributed by atoms with Gasteiger partial charge in [-0.05, 0) is 61.6 Å². The first kappa shape index (κ1) is 36.2. The van der Waals surface area contributed by atoms with Gasteiger partial charge in [0, 0.05) is 37.5 Å². The molecule has 6 N–H and O–H groups in total. The van der Waals surface area contributed by atoms with Gasteiger partial charge in [0.15, 0.2) is 0 Å². The van der Waals surface area contributed by atoms with E-state index < -0.39 is 29.9 Å². The van der Waals surface area contributed by atoms with Crippen molar-refractivity contribution in [3.63, 3.8) is 0 Å². The number of urea groups is 1. The molecule has 12 heteroatoms. The van der Waals surface area contributed by atoms with E-state index in [4.69, 9.17) is 5.73 Å². The zero-order chi connectivity index (χ0) is 32.8. The lowest BCUT2D eigenvalue weighted by molar-refractivity contribution is -0.139. The van der Waals surface area contributed by atoms with E-state index >= 15 is 0 Å². The van der Waals surface area contributed by atoms with Crippen molar-refractivity contribution >= 4 is 41.3 Å². The third-order valence-corrected chi connectivity index (χ3v) is 7.49. The average Bonchev–Trinajstić information content (AvgIpc) is 3.19. The minimum absolute atomic E-state index is 0.144. The average molecular weight is 615 g/mol. The second kappa shape index (κ2) is 18.0. The smallest absolute Gasteiger partial charge is 0.312 e. The Labute approximate surface area is 260 Å². The van der Waals surface area contributed by atoms with Crippen LogP contribution in [-0.2, 0) is 30.4 Å². The highest BCUT2D eigenvalue weighted by Crippen LogP contribution is 2.19. The number of rotatable bonds is 18. The van der Waals surface area contributed by atoms with Gasteiger partial charge < -0.3 is 27.0 Å². The van der Waals surface area contributed by atoms with Crippen molar-refractivity contribution in [1.29, 1.82) is 0 Å². The maximum atomic E-state index is 13.3. The van der Waals surface area contributed by atoms with Gasteiger partial charge in [0.25, 0.3) is 0 Å². The lowest BCUT2D eigenvalue weighted by atomic mass is 10.0. The summed E-state index contributed by atoms with van der Waals surface area (Å²) in [5.41, 5.74) is 6.89. The molecule has 1 aliphatic rings. The fraction of sp³-hybridized carbons (Fsp3) is 0.625.